The van der Waals surface area contributed by atoms with Crippen molar-refractivity contribution in [2.24, 2.45) is 0 Å². The molecule has 0 aliphatic carbocycles. The van der Waals surface area contributed by atoms with Gasteiger partial charge in [0.2, 0.25) is 0 Å². The van der Waals surface area contributed by atoms with E-state index >= 15 is 0 Å². The summed E-state index contributed by atoms with van der Waals surface area (Å²) >= 11 is 0. The van der Waals surface area contributed by atoms with Crippen LogP contribution in [0.3, 0.4) is 0 Å². The Morgan fingerprint density at radius 2 is 1.23 bits per heavy atom. The number of fused-ring (bicyclic) bond motifs is 1. The molecule has 1 unspecified atom stereocenters. The van der Waals surface area contributed by atoms with Gasteiger partial charge in [-0.25, -0.2) is 0 Å². The zero-order valence-corrected chi connectivity index (χ0v) is 7.76. The van der Waals surface area contributed by atoms with E-state index in [0.29, 0.717) is 13.1 Å². The first-order valence-corrected chi connectivity index (χ1v) is 4.07. The van der Waals surface area contributed by atoms with Gasteiger partial charge in [-0.15, -0.1) is 12.4 Å². The van der Waals surface area contributed by atoms with Crippen LogP contribution in [0.4, 0.5) is 0 Å². The lowest BCUT2D eigenvalue weighted by molar-refractivity contribution is -0.0206. The molecule has 2 heterocycles. The summed E-state index contributed by atoms with van der Waals surface area (Å²) in [6, 6.07) is -0.491. The highest BCUT2D eigenvalue weighted by Gasteiger charge is 2.51. The molecule has 0 bridgehead atoms. The van der Waals surface area contributed by atoms with Gasteiger partial charge < -0.3 is 20.4 Å². The highest BCUT2D eigenvalue weighted by molar-refractivity contribution is 5.85. The maximum atomic E-state index is 9.39. The third kappa shape index (κ3) is 1.56. The van der Waals surface area contributed by atoms with Gasteiger partial charge in [-0.3, -0.25) is 4.90 Å². The Labute approximate surface area is 82.0 Å². The topological polar surface area (TPSA) is 84.2 Å². The van der Waals surface area contributed by atoms with E-state index < -0.39 is 30.5 Å². The molecule has 0 radical (unpaired) electrons. The maximum Gasteiger partial charge on any atom is 0.0992 e. The molecule has 6 heteroatoms. The summed E-state index contributed by atoms with van der Waals surface area (Å²) in [6.07, 6.45) is -3.46. The molecule has 0 amide bonds. The zero-order chi connectivity index (χ0) is 8.88. The fraction of sp³-hybridized carbons (Fsp3) is 1.00. The van der Waals surface area contributed by atoms with Crippen LogP contribution in [0.25, 0.3) is 0 Å². The van der Waals surface area contributed by atoms with Gasteiger partial charge in [-0.05, 0) is 0 Å². The summed E-state index contributed by atoms with van der Waals surface area (Å²) in [5, 5.41) is 37.2. The van der Waals surface area contributed by atoms with Crippen molar-refractivity contribution in [3.8, 4) is 0 Å². The van der Waals surface area contributed by atoms with E-state index in [9.17, 15) is 20.4 Å². The molecule has 5 nitrogen and oxygen atoms in total. The van der Waals surface area contributed by atoms with Gasteiger partial charge in [0.05, 0.1) is 30.5 Å². The van der Waals surface area contributed by atoms with Crippen LogP contribution in [0.5, 0.6) is 0 Å². The monoisotopic (exact) mass is 211 g/mol. The second-order valence-electron chi connectivity index (χ2n) is 3.56. The number of rotatable bonds is 0. The largest absolute Gasteiger partial charge is 0.389 e. The molecule has 4 N–H and O–H groups in total. The van der Waals surface area contributed by atoms with Crippen molar-refractivity contribution < 1.29 is 20.4 Å². The Balaban J connectivity index is 0.000000845. The smallest absolute Gasteiger partial charge is 0.0992 e. The Bertz CT molecular complexity index is 175. The molecule has 5 atom stereocenters. The van der Waals surface area contributed by atoms with Gasteiger partial charge in [0.1, 0.15) is 0 Å². The molecule has 2 rings (SSSR count). The predicted octanol–water partition coefficient (Wildman–Crippen LogP) is -2.45. The predicted molar refractivity (Wildman–Crippen MR) is 46.6 cm³/mol. The van der Waals surface area contributed by atoms with E-state index in [1.807, 2.05) is 0 Å². The van der Waals surface area contributed by atoms with E-state index in [0.717, 1.165) is 0 Å². The summed E-state index contributed by atoms with van der Waals surface area (Å²) in [4.78, 5) is 1.71. The van der Waals surface area contributed by atoms with E-state index in [2.05, 4.69) is 0 Å². The second-order valence-corrected chi connectivity index (χ2v) is 3.56. The van der Waals surface area contributed by atoms with Gasteiger partial charge >= 0.3 is 0 Å². The third-order valence-corrected chi connectivity index (χ3v) is 2.75. The number of aliphatic hydroxyl groups excluding tert-OH is 4. The van der Waals surface area contributed by atoms with Gasteiger partial charge in [0.15, 0.2) is 0 Å². The summed E-state index contributed by atoms with van der Waals surface area (Å²) in [5.41, 5.74) is 0. The van der Waals surface area contributed by atoms with Gasteiger partial charge in [-0.2, -0.15) is 0 Å². The molecule has 0 aromatic heterocycles. The van der Waals surface area contributed by atoms with Gasteiger partial charge in [-0.1, -0.05) is 0 Å². The first-order valence-electron chi connectivity index (χ1n) is 4.07. The average molecular weight is 212 g/mol. The number of halogens is 1. The van der Waals surface area contributed by atoms with Crippen molar-refractivity contribution >= 4 is 12.4 Å². The van der Waals surface area contributed by atoms with Crippen molar-refractivity contribution in [2.75, 3.05) is 13.1 Å². The van der Waals surface area contributed by atoms with Crippen LogP contribution >= 0.6 is 12.4 Å². The molecule has 0 spiro atoms. The van der Waals surface area contributed by atoms with Gasteiger partial charge in [0.25, 0.3) is 0 Å². The van der Waals surface area contributed by atoms with Crippen LogP contribution in [-0.2, 0) is 0 Å². The average Bonchev–Trinajstić information content (AvgIpc) is 2.40. The van der Waals surface area contributed by atoms with Crippen LogP contribution in [0, 0.1) is 0 Å². The first kappa shape index (κ1) is 11.2. The van der Waals surface area contributed by atoms with E-state index in [1.165, 1.54) is 0 Å². The lowest BCUT2D eigenvalue weighted by Crippen LogP contribution is -2.41. The summed E-state index contributed by atoms with van der Waals surface area (Å²) < 4.78 is 0. The van der Waals surface area contributed by atoms with Crippen LogP contribution < -0.4 is 0 Å². The molecular formula is C7H14ClNO4. The molecule has 2 saturated heterocycles. The standard InChI is InChI=1S/C7H13NO4.ClH/c9-3-1-8-2-4(10)7(12)5(8)6(3)11;/h3-7,9-12H,1-2H2;1H/t3-,4-,5?,6-,7+;/m0./s1. The lowest BCUT2D eigenvalue weighted by Gasteiger charge is -2.19. The number of hydrogen-bond acceptors (Lipinski definition) is 5. The van der Waals surface area contributed by atoms with Crippen LogP contribution in [0.2, 0.25) is 0 Å². The zero-order valence-electron chi connectivity index (χ0n) is 6.95. The van der Waals surface area contributed by atoms with E-state index in [4.69, 9.17) is 0 Å². The molecule has 2 aliphatic rings. The summed E-state index contributed by atoms with van der Waals surface area (Å²) in [5.74, 6) is 0. The highest BCUT2D eigenvalue weighted by Crippen LogP contribution is 2.28. The first-order chi connectivity index (χ1) is 5.61. The minimum atomic E-state index is -0.933. The molecule has 13 heavy (non-hydrogen) atoms. The van der Waals surface area contributed by atoms with Crippen molar-refractivity contribution in [1.29, 1.82) is 0 Å². The Kier molecular flexibility index (Phi) is 3.16. The van der Waals surface area contributed by atoms with Gasteiger partial charge in [0, 0.05) is 13.1 Å². The molecule has 0 aromatic carbocycles. The second kappa shape index (κ2) is 3.68. The summed E-state index contributed by atoms with van der Waals surface area (Å²) in [6.45, 7) is 0.667. The lowest BCUT2D eigenvalue weighted by atomic mass is 10.0. The van der Waals surface area contributed by atoms with Crippen molar-refractivity contribution in [3.63, 3.8) is 0 Å². The SMILES string of the molecule is Cl.O[C@@H]1C2[C@H](O)[C@@H](O)CN2C[C@@H]1O. The molecule has 0 saturated carbocycles. The minimum Gasteiger partial charge on any atom is -0.389 e. The fourth-order valence-electron chi connectivity index (χ4n) is 2.10. The Morgan fingerprint density at radius 3 is 1.54 bits per heavy atom. The maximum absolute atomic E-state index is 9.39. The Hall–Kier alpha value is 0.0900. The van der Waals surface area contributed by atoms with Crippen molar-refractivity contribution in [3.05, 3.63) is 0 Å². The molecule has 78 valence electrons. The molecule has 2 fully saturated rings. The van der Waals surface area contributed by atoms with Crippen LogP contribution in [0.15, 0.2) is 0 Å². The summed E-state index contributed by atoms with van der Waals surface area (Å²) in [7, 11) is 0. The van der Waals surface area contributed by atoms with E-state index in [1.54, 1.807) is 4.90 Å². The number of aliphatic hydroxyl groups is 4. The Morgan fingerprint density at radius 1 is 0.846 bits per heavy atom. The van der Waals surface area contributed by atoms with Crippen molar-refractivity contribution in [1.82, 2.24) is 4.90 Å². The number of nitrogens with zero attached hydrogens (tertiary/aromatic N) is 1. The molecule has 2 aliphatic heterocycles. The van der Waals surface area contributed by atoms with Crippen LogP contribution in [-0.4, -0.2) is 68.9 Å². The highest BCUT2D eigenvalue weighted by atomic mass is 35.5. The minimum absolute atomic E-state index is 0. The molecular weight excluding hydrogens is 198 g/mol. The van der Waals surface area contributed by atoms with Crippen molar-refractivity contribution in [2.45, 2.75) is 30.5 Å². The fourth-order valence-corrected chi connectivity index (χ4v) is 2.10. The van der Waals surface area contributed by atoms with E-state index in [-0.39, 0.29) is 12.4 Å². The quantitative estimate of drug-likeness (QED) is 0.358. The third-order valence-electron chi connectivity index (χ3n) is 2.75. The van der Waals surface area contributed by atoms with Crippen LogP contribution in [0.1, 0.15) is 0 Å². The molecule has 0 aromatic rings. The normalized spacial score (nSPS) is 50.3. The number of hydrogen-bond donors (Lipinski definition) is 4.